The van der Waals surface area contributed by atoms with E-state index >= 15 is 0 Å². The number of carboxylic acids is 1. The second-order valence-corrected chi connectivity index (χ2v) is 3.69. The van der Waals surface area contributed by atoms with Crippen molar-refractivity contribution in [2.24, 2.45) is 0 Å². The Bertz CT molecular complexity index is 417. The number of nitrogens with one attached hydrogen (secondary N) is 1. The molecule has 1 aromatic carbocycles. The Labute approximate surface area is 99.1 Å². The Balaban J connectivity index is 2.77. The van der Waals surface area contributed by atoms with E-state index in [9.17, 15) is 9.59 Å². The van der Waals surface area contributed by atoms with E-state index in [0.717, 1.165) is 5.56 Å². The normalized spacial score (nSPS) is 11.9. The molecular weight excluding hydrogens is 222 g/mol. The zero-order valence-electron chi connectivity index (χ0n) is 9.51. The molecule has 0 saturated heterocycles. The van der Waals surface area contributed by atoms with Crippen LogP contribution in [0, 0.1) is 6.92 Å². The Hall–Kier alpha value is -1.88. The first-order chi connectivity index (χ1) is 8.06. The zero-order valence-corrected chi connectivity index (χ0v) is 9.51. The van der Waals surface area contributed by atoms with Crippen molar-refractivity contribution in [2.75, 3.05) is 6.61 Å². The van der Waals surface area contributed by atoms with E-state index in [2.05, 4.69) is 5.32 Å². The number of aliphatic carboxylic acids is 1. The number of carboxylic acid groups (broad SMARTS) is 1. The van der Waals surface area contributed by atoms with Crippen LogP contribution in [0.5, 0.6) is 0 Å². The quantitative estimate of drug-likeness (QED) is 0.698. The zero-order chi connectivity index (χ0) is 12.8. The molecule has 0 aliphatic heterocycles. The van der Waals surface area contributed by atoms with Gasteiger partial charge in [0.05, 0.1) is 0 Å². The third kappa shape index (κ3) is 3.57. The van der Waals surface area contributed by atoms with Gasteiger partial charge in [0.25, 0.3) is 5.91 Å². The van der Waals surface area contributed by atoms with E-state index in [4.69, 9.17) is 10.2 Å². The lowest BCUT2D eigenvalue weighted by atomic mass is 10.1. The number of hydrogen-bond acceptors (Lipinski definition) is 3. The molecule has 0 aliphatic carbocycles. The van der Waals surface area contributed by atoms with Gasteiger partial charge >= 0.3 is 5.97 Å². The van der Waals surface area contributed by atoms with Crippen LogP contribution in [-0.2, 0) is 4.79 Å². The SMILES string of the molecule is Cc1ccccc1C(=O)NC(CCO)C(=O)O. The maximum absolute atomic E-state index is 11.8. The summed E-state index contributed by atoms with van der Waals surface area (Å²) in [6, 6.07) is 5.85. The maximum Gasteiger partial charge on any atom is 0.326 e. The fourth-order valence-corrected chi connectivity index (χ4v) is 1.45. The van der Waals surface area contributed by atoms with Crippen molar-refractivity contribution in [3.05, 3.63) is 35.4 Å². The first-order valence-electron chi connectivity index (χ1n) is 5.26. The summed E-state index contributed by atoms with van der Waals surface area (Å²) in [5, 5.41) is 19.9. The summed E-state index contributed by atoms with van der Waals surface area (Å²) >= 11 is 0. The fourth-order valence-electron chi connectivity index (χ4n) is 1.45. The van der Waals surface area contributed by atoms with Crippen molar-refractivity contribution < 1.29 is 19.8 Å². The highest BCUT2D eigenvalue weighted by Crippen LogP contribution is 2.07. The molecule has 17 heavy (non-hydrogen) atoms. The summed E-state index contributed by atoms with van der Waals surface area (Å²) in [4.78, 5) is 22.6. The van der Waals surface area contributed by atoms with E-state index in [-0.39, 0.29) is 13.0 Å². The van der Waals surface area contributed by atoms with Gasteiger partial charge in [-0.1, -0.05) is 18.2 Å². The van der Waals surface area contributed by atoms with Crippen LogP contribution in [0.4, 0.5) is 0 Å². The molecule has 0 aromatic heterocycles. The van der Waals surface area contributed by atoms with Gasteiger partial charge in [-0.05, 0) is 18.6 Å². The number of carbonyl (C=O) groups excluding carboxylic acids is 1. The lowest BCUT2D eigenvalue weighted by Crippen LogP contribution is -2.41. The van der Waals surface area contributed by atoms with E-state index in [1.54, 1.807) is 31.2 Å². The lowest BCUT2D eigenvalue weighted by Gasteiger charge is -2.14. The highest BCUT2D eigenvalue weighted by atomic mass is 16.4. The summed E-state index contributed by atoms with van der Waals surface area (Å²) in [5.41, 5.74) is 1.22. The molecule has 0 saturated carbocycles. The maximum atomic E-state index is 11.8. The number of aliphatic hydroxyl groups is 1. The Morgan fingerprint density at radius 3 is 2.53 bits per heavy atom. The van der Waals surface area contributed by atoms with Crippen molar-refractivity contribution in [3.63, 3.8) is 0 Å². The van der Waals surface area contributed by atoms with Gasteiger partial charge in [-0.25, -0.2) is 4.79 Å². The average Bonchev–Trinajstić information content (AvgIpc) is 2.28. The van der Waals surface area contributed by atoms with Crippen LogP contribution in [0.15, 0.2) is 24.3 Å². The summed E-state index contributed by atoms with van der Waals surface area (Å²) in [6.07, 6.45) is -0.00699. The number of aryl methyl sites for hydroxylation is 1. The topological polar surface area (TPSA) is 86.6 Å². The molecule has 1 atom stereocenters. The number of rotatable bonds is 5. The molecule has 0 spiro atoms. The van der Waals surface area contributed by atoms with Crippen LogP contribution in [0.1, 0.15) is 22.3 Å². The molecule has 1 unspecified atom stereocenters. The van der Waals surface area contributed by atoms with Crippen molar-refractivity contribution in [1.82, 2.24) is 5.32 Å². The molecule has 5 nitrogen and oxygen atoms in total. The minimum absolute atomic E-state index is 0.00699. The van der Waals surface area contributed by atoms with Crippen LogP contribution in [0.3, 0.4) is 0 Å². The number of benzene rings is 1. The highest BCUT2D eigenvalue weighted by Gasteiger charge is 2.20. The second-order valence-electron chi connectivity index (χ2n) is 3.69. The van der Waals surface area contributed by atoms with Crippen molar-refractivity contribution >= 4 is 11.9 Å². The van der Waals surface area contributed by atoms with E-state index in [1.807, 2.05) is 0 Å². The highest BCUT2D eigenvalue weighted by molar-refractivity contribution is 5.97. The minimum Gasteiger partial charge on any atom is -0.480 e. The van der Waals surface area contributed by atoms with E-state index in [1.165, 1.54) is 0 Å². The number of carbonyl (C=O) groups is 2. The monoisotopic (exact) mass is 237 g/mol. The Kier molecular flexibility index (Phi) is 4.66. The molecule has 0 bridgehead atoms. The van der Waals surface area contributed by atoms with Gasteiger partial charge in [0.1, 0.15) is 6.04 Å². The Morgan fingerprint density at radius 2 is 2.00 bits per heavy atom. The molecular formula is C12H15NO4. The van der Waals surface area contributed by atoms with Gasteiger partial charge in [-0.2, -0.15) is 0 Å². The standard InChI is InChI=1S/C12H15NO4/c1-8-4-2-3-5-9(8)11(15)13-10(6-7-14)12(16)17/h2-5,10,14H,6-7H2,1H3,(H,13,15)(H,16,17). The van der Waals surface area contributed by atoms with Gasteiger partial charge in [-0.15, -0.1) is 0 Å². The van der Waals surface area contributed by atoms with Crippen LogP contribution in [0.2, 0.25) is 0 Å². The molecule has 1 aromatic rings. The molecule has 0 aliphatic rings. The second kappa shape index (κ2) is 6.00. The average molecular weight is 237 g/mol. The molecule has 1 rings (SSSR count). The minimum atomic E-state index is -1.15. The number of hydrogen-bond donors (Lipinski definition) is 3. The van der Waals surface area contributed by atoms with Crippen LogP contribution in [0.25, 0.3) is 0 Å². The van der Waals surface area contributed by atoms with Gasteiger partial charge in [-0.3, -0.25) is 4.79 Å². The number of amides is 1. The summed E-state index contributed by atoms with van der Waals surface area (Å²) in [6.45, 7) is 1.49. The first-order valence-corrected chi connectivity index (χ1v) is 5.26. The van der Waals surface area contributed by atoms with Gasteiger partial charge in [0, 0.05) is 18.6 Å². The predicted molar refractivity (Wildman–Crippen MR) is 61.8 cm³/mol. The molecule has 5 heteroatoms. The lowest BCUT2D eigenvalue weighted by molar-refractivity contribution is -0.139. The van der Waals surface area contributed by atoms with Crippen LogP contribution in [-0.4, -0.2) is 34.7 Å². The summed E-state index contributed by atoms with van der Waals surface area (Å²) in [7, 11) is 0. The summed E-state index contributed by atoms with van der Waals surface area (Å²) in [5.74, 6) is -1.59. The molecule has 3 N–H and O–H groups in total. The van der Waals surface area contributed by atoms with E-state index in [0.29, 0.717) is 5.56 Å². The summed E-state index contributed by atoms with van der Waals surface area (Å²) < 4.78 is 0. The fraction of sp³-hybridized carbons (Fsp3) is 0.333. The Morgan fingerprint density at radius 1 is 1.35 bits per heavy atom. The third-order valence-corrected chi connectivity index (χ3v) is 2.41. The predicted octanol–water partition coefficient (Wildman–Crippen LogP) is 0.560. The third-order valence-electron chi connectivity index (χ3n) is 2.41. The van der Waals surface area contributed by atoms with Gasteiger partial charge < -0.3 is 15.5 Å². The number of aliphatic hydroxyl groups excluding tert-OH is 1. The van der Waals surface area contributed by atoms with Crippen LogP contribution >= 0.6 is 0 Å². The molecule has 1 amide bonds. The smallest absolute Gasteiger partial charge is 0.326 e. The first kappa shape index (κ1) is 13.2. The van der Waals surface area contributed by atoms with Gasteiger partial charge in [0.15, 0.2) is 0 Å². The van der Waals surface area contributed by atoms with Gasteiger partial charge in [0.2, 0.25) is 0 Å². The van der Waals surface area contributed by atoms with Crippen molar-refractivity contribution in [2.45, 2.75) is 19.4 Å². The largest absolute Gasteiger partial charge is 0.480 e. The molecule has 92 valence electrons. The molecule has 0 heterocycles. The molecule has 0 fully saturated rings. The van der Waals surface area contributed by atoms with Crippen LogP contribution < -0.4 is 5.32 Å². The molecule has 0 radical (unpaired) electrons. The van der Waals surface area contributed by atoms with Crippen molar-refractivity contribution in [3.8, 4) is 0 Å². The van der Waals surface area contributed by atoms with E-state index < -0.39 is 17.9 Å². The van der Waals surface area contributed by atoms with Crippen molar-refractivity contribution in [1.29, 1.82) is 0 Å².